The lowest BCUT2D eigenvalue weighted by molar-refractivity contribution is -0.198. The van der Waals surface area contributed by atoms with Crippen LogP contribution >= 0.6 is 0 Å². The van der Waals surface area contributed by atoms with Gasteiger partial charge in [0.05, 0.1) is 0 Å². The van der Waals surface area contributed by atoms with Gasteiger partial charge in [-0.15, -0.1) is 0 Å². The highest BCUT2D eigenvalue weighted by atomic mass is 16.6. The molecule has 0 aliphatic heterocycles. The zero-order chi connectivity index (χ0) is 14.7. The first-order valence-electron chi connectivity index (χ1n) is 7.82. The van der Waals surface area contributed by atoms with E-state index in [-0.39, 0.29) is 17.0 Å². The number of hydrogen-bond donors (Lipinski definition) is 0. The molecule has 5 aliphatic rings. The number of esters is 1. The normalized spacial score (nSPS) is 38.5. The van der Waals surface area contributed by atoms with Gasteiger partial charge in [0.2, 0.25) is 0 Å². The Labute approximate surface area is 122 Å². The van der Waals surface area contributed by atoms with Crippen LogP contribution in [-0.4, -0.2) is 11.6 Å². The van der Waals surface area contributed by atoms with Crippen molar-refractivity contribution >= 4 is 5.97 Å². The van der Waals surface area contributed by atoms with Crippen LogP contribution in [0.5, 0.6) is 0 Å². The van der Waals surface area contributed by atoms with Gasteiger partial charge in [-0.1, -0.05) is 38.5 Å². The van der Waals surface area contributed by atoms with E-state index < -0.39 is 0 Å². The largest absolute Gasteiger partial charge is 0.455 e. The van der Waals surface area contributed by atoms with E-state index in [1.54, 1.807) is 11.1 Å². The van der Waals surface area contributed by atoms with Crippen LogP contribution in [0.2, 0.25) is 0 Å². The summed E-state index contributed by atoms with van der Waals surface area (Å²) in [5.74, 6) is 1.52. The van der Waals surface area contributed by atoms with E-state index in [2.05, 4.69) is 34.3 Å². The SMILES string of the molecule is C=CC(=O)OC1(CC(C)(C)C)C2CC(C)=C3C(C2)CC31. The minimum Gasteiger partial charge on any atom is -0.455 e. The van der Waals surface area contributed by atoms with Crippen LogP contribution < -0.4 is 0 Å². The maximum atomic E-state index is 11.9. The molecule has 2 nitrogen and oxygen atoms in total. The van der Waals surface area contributed by atoms with Crippen molar-refractivity contribution in [3.8, 4) is 0 Å². The minimum atomic E-state index is -0.271. The van der Waals surface area contributed by atoms with Crippen LogP contribution in [0.3, 0.4) is 0 Å². The molecule has 0 N–H and O–H groups in total. The van der Waals surface area contributed by atoms with Crippen molar-refractivity contribution in [2.75, 3.05) is 0 Å². The lowest BCUT2D eigenvalue weighted by atomic mass is 9.43. The van der Waals surface area contributed by atoms with Crippen molar-refractivity contribution in [2.24, 2.45) is 23.2 Å². The molecule has 4 unspecified atom stereocenters. The lowest BCUT2D eigenvalue weighted by Crippen LogP contribution is -2.63. The summed E-state index contributed by atoms with van der Waals surface area (Å²) in [7, 11) is 0. The Morgan fingerprint density at radius 1 is 1.45 bits per heavy atom. The third-order valence-electron chi connectivity index (χ3n) is 5.49. The number of hydrogen-bond acceptors (Lipinski definition) is 2. The molecule has 0 radical (unpaired) electrons. The van der Waals surface area contributed by atoms with Gasteiger partial charge in [-0.25, -0.2) is 4.79 Å². The first kappa shape index (κ1) is 13.9. The maximum absolute atomic E-state index is 11.9. The summed E-state index contributed by atoms with van der Waals surface area (Å²) in [5.41, 5.74) is 3.08. The minimum absolute atomic E-state index is 0.165. The van der Waals surface area contributed by atoms with Gasteiger partial charge < -0.3 is 4.74 Å². The molecule has 4 bridgehead atoms. The van der Waals surface area contributed by atoms with E-state index in [1.165, 1.54) is 18.9 Å². The summed E-state index contributed by atoms with van der Waals surface area (Å²) in [4.78, 5) is 11.9. The van der Waals surface area contributed by atoms with Gasteiger partial charge in [0.25, 0.3) is 0 Å². The van der Waals surface area contributed by atoms with Gasteiger partial charge in [-0.3, -0.25) is 0 Å². The first-order chi connectivity index (χ1) is 9.27. The maximum Gasteiger partial charge on any atom is 0.330 e. The van der Waals surface area contributed by atoms with Gasteiger partial charge in [0, 0.05) is 17.9 Å². The number of carbonyl (C=O) groups excluding carboxylic acids is 1. The molecule has 3 saturated carbocycles. The quantitative estimate of drug-likeness (QED) is 0.436. The Hall–Kier alpha value is -1.05. The molecule has 5 rings (SSSR count). The standard InChI is InChI=1S/C18H26O2/c1-6-15(19)20-18(10-17(3,4)5)13-7-11(2)16-12(8-13)9-14(16)18/h6,12-14H,1,7-10H2,2-5H3. The van der Waals surface area contributed by atoms with Crippen LogP contribution in [0.15, 0.2) is 23.8 Å². The first-order valence-corrected chi connectivity index (χ1v) is 7.82. The van der Waals surface area contributed by atoms with Gasteiger partial charge >= 0.3 is 5.97 Å². The Kier molecular flexibility index (Phi) is 2.94. The van der Waals surface area contributed by atoms with Crippen molar-refractivity contribution in [3.05, 3.63) is 23.8 Å². The molecule has 0 aromatic carbocycles. The van der Waals surface area contributed by atoms with Crippen molar-refractivity contribution < 1.29 is 9.53 Å². The molecule has 0 amide bonds. The highest BCUT2D eigenvalue weighted by molar-refractivity contribution is 5.81. The second-order valence-electron chi connectivity index (χ2n) is 8.18. The summed E-state index contributed by atoms with van der Waals surface area (Å²) in [6.45, 7) is 12.6. The molecule has 0 heterocycles. The molecule has 4 atom stereocenters. The van der Waals surface area contributed by atoms with Crippen LogP contribution in [0.4, 0.5) is 0 Å². The molecule has 110 valence electrons. The van der Waals surface area contributed by atoms with Gasteiger partial charge in [-0.05, 0) is 43.9 Å². The van der Waals surface area contributed by atoms with Gasteiger partial charge in [0.15, 0.2) is 0 Å². The zero-order valence-electron chi connectivity index (χ0n) is 13.2. The Morgan fingerprint density at radius 2 is 2.15 bits per heavy atom. The van der Waals surface area contributed by atoms with Crippen LogP contribution in [0, 0.1) is 23.2 Å². The highest BCUT2D eigenvalue weighted by Gasteiger charge is 2.64. The van der Waals surface area contributed by atoms with E-state index >= 15 is 0 Å². The molecular formula is C18H26O2. The third kappa shape index (κ3) is 1.88. The summed E-state index contributed by atoms with van der Waals surface area (Å²) in [6.07, 6.45) is 5.82. The number of ether oxygens (including phenoxy) is 1. The molecule has 5 aliphatic carbocycles. The van der Waals surface area contributed by atoms with Crippen molar-refractivity contribution in [1.82, 2.24) is 0 Å². The van der Waals surface area contributed by atoms with E-state index in [9.17, 15) is 4.79 Å². The van der Waals surface area contributed by atoms with Gasteiger partial charge in [0.1, 0.15) is 5.60 Å². The zero-order valence-corrected chi connectivity index (χ0v) is 13.2. The molecular weight excluding hydrogens is 248 g/mol. The molecule has 0 aromatic heterocycles. The lowest BCUT2D eigenvalue weighted by Gasteiger charge is -2.64. The predicted molar refractivity (Wildman–Crippen MR) is 80.1 cm³/mol. The Morgan fingerprint density at radius 3 is 2.65 bits per heavy atom. The van der Waals surface area contributed by atoms with E-state index in [4.69, 9.17) is 4.74 Å². The number of allylic oxidation sites excluding steroid dienone is 1. The third-order valence-corrected chi connectivity index (χ3v) is 5.49. The second-order valence-corrected chi connectivity index (χ2v) is 8.18. The Balaban J connectivity index is 1.99. The average molecular weight is 274 g/mol. The smallest absolute Gasteiger partial charge is 0.330 e. The van der Waals surface area contributed by atoms with E-state index in [1.807, 2.05) is 0 Å². The topological polar surface area (TPSA) is 26.3 Å². The fourth-order valence-corrected chi connectivity index (χ4v) is 5.08. The predicted octanol–water partition coefficient (Wildman–Crippen LogP) is 4.27. The van der Waals surface area contributed by atoms with Crippen LogP contribution in [0.25, 0.3) is 0 Å². The molecule has 0 saturated heterocycles. The average Bonchev–Trinajstić information content (AvgIpc) is 2.26. The van der Waals surface area contributed by atoms with Crippen LogP contribution in [0.1, 0.15) is 53.4 Å². The monoisotopic (exact) mass is 274 g/mol. The molecule has 0 aromatic rings. The van der Waals surface area contributed by atoms with Crippen LogP contribution in [-0.2, 0) is 9.53 Å². The number of fused-ring (bicyclic) bond motifs is 1. The summed E-state index contributed by atoms with van der Waals surface area (Å²) >= 11 is 0. The molecule has 3 fully saturated rings. The fourth-order valence-electron chi connectivity index (χ4n) is 5.08. The number of rotatable bonds is 3. The van der Waals surface area contributed by atoms with E-state index in [0.29, 0.717) is 11.8 Å². The molecule has 20 heavy (non-hydrogen) atoms. The van der Waals surface area contributed by atoms with Crippen molar-refractivity contribution in [1.29, 1.82) is 0 Å². The van der Waals surface area contributed by atoms with Gasteiger partial charge in [-0.2, -0.15) is 0 Å². The Bertz CT molecular complexity index is 494. The summed E-state index contributed by atoms with van der Waals surface area (Å²) in [6, 6.07) is 0. The fraction of sp³-hybridized carbons (Fsp3) is 0.722. The molecule has 2 heteroatoms. The van der Waals surface area contributed by atoms with Crippen molar-refractivity contribution in [2.45, 2.75) is 59.0 Å². The van der Waals surface area contributed by atoms with E-state index in [0.717, 1.165) is 18.8 Å². The summed E-state index contributed by atoms with van der Waals surface area (Å²) < 4.78 is 6.05. The highest BCUT2D eigenvalue weighted by Crippen LogP contribution is 2.66. The second kappa shape index (κ2) is 4.22. The number of carbonyl (C=O) groups is 1. The summed E-state index contributed by atoms with van der Waals surface area (Å²) in [5, 5.41) is 0. The molecule has 0 spiro atoms. The van der Waals surface area contributed by atoms with Crippen molar-refractivity contribution in [3.63, 3.8) is 0 Å².